The number of rotatable bonds is 11. The van der Waals surface area contributed by atoms with Gasteiger partial charge in [0.05, 0.1) is 0 Å². The van der Waals surface area contributed by atoms with Crippen molar-refractivity contribution in [3.05, 3.63) is 94.1 Å². The summed E-state index contributed by atoms with van der Waals surface area (Å²) in [7, 11) is 6.78. The number of nitrogens with zero attached hydrogens (tertiary/aromatic N) is 2. The minimum atomic E-state index is -0.644. The highest BCUT2D eigenvalue weighted by atomic mass is 19.1. The summed E-state index contributed by atoms with van der Waals surface area (Å²) < 4.78 is 29.7. The third kappa shape index (κ3) is 8.85. The Kier molecular flexibility index (Phi) is 12.2. The van der Waals surface area contributed by atoms with E-state index >= 15 is 0 Å². The Hall–Kier alpha value is -3.43. The summed E-state index contributed by atoms with van der Waals surface area (Å²) in [6, 6.07) is 2.31. The second-order valence-corrected chi connectivity index (χ2v) is 9.64. The van der Waals surface area contributed by atoms with E-state index in [0.717, 1.165) is 48.6 Å². The molecular weight excluding hydrogens is 488 g/mol. The zero-order valence-corrected chi connectivity index (χ0v) is 23.3. The Balaban J connectivity index is 2.12. The number of carbonyl (C=O) groups excluding carboxylic acids is 1. The molecule has 7 nitrogen and oxygen atoms in total. The van der Waals surface area contributed by atoms with Crippen molar-refractivity contribution in [2.75, 3.05) is 47.8 Å². The van der Waals surface area contributed by atoms with Crippen LogP contribution in [0.5, 0.6) is 0 Å². The second-order valence-electron chi connectivity index (χ2n) is 9.64. The first kappa shape index (κ1) is 30.8. The molecule has 0 unspecified atom stereocenters. The molecule has 1 fully saturated rings. The number of benzene rings is 1. The molecule has 2 rings (SSSR count). The molecule has 1 saturated heterocycles. The van der Waals surface area contributed by atoms with E-state index in [1.54, 1.807) is 20.2 Å². The van der Waals surface area contributed by atoms with Gasteiger partial charge in [-0.15, -0.1) is 0 Å². The van der Waals surface area contributed by atoms with Gasteiger partial charge in [0.2, 0.25) is 0 Å². The fraction of sp³-hybridized carbons (Fsp3) is 0.414. The summed E-state index contributed by atoms with van der Waals surface area (Å²) in [5.74, 6) is 3.18. The van der Waals surface area contributed by atoms with Crippen molar-refractivity contribution in [3.8, 4) is 0 Å². The highest BCUT2D eigenvalue weighted by Crippen LogP contribution is 2.33. The average molecular weight is 530 g/mol. The van der Waals surface area contributed by atoms with Crippen LogP contribution in [0.25, 0.3) is 0 Å². The molecule has 0 bridgehead atoms. The van der Waals surface area contributed by atoms with Crippen LogP contribution in [0.2, 0.25) is 0 Å². The van der Waals surface area contributed by atoms with Crippen molar-refractivity contribution >= 4 is 5.91 Å². The fourth-order valence-corrected chi connectivity index (χ4v) is 4.54. The van der Waals surface area contributed by atoms with E-state index in [1.807, 2.05) is 39.4 Å². The summed E-state index contributed by atoms with van der Waals surface area (Å²) >= 11 is 0. The lowest BCUT2D eigenvalue weighted by Crippen LogP contribution is -2.34. The molecule has 1 aromatic carbocycles. The molecule has 1 heterocycles. The molecule has 1 aromatic rings. The van der Waals surface area contributed by atoms with Gasteiger partial charge in [-0.25, -0.2) is 8.78 Å². The first-order chi connectivity index (χ1) is 18.1. The summed E-state index contributed by atoms with van der Waals surface area (Å²) in [4.78, 5) is 20.3. The Labute approximate surface area is 225 Å². The molecule has 4 N–H and O–H groups in total. The molecule has 9 heteroatoms. The number of hydrogen-bond acceptors (Lipinski definition) is 6. The molecule has 0 aromatic heterocycles. The average Bonchev–Trinajstić information content (AvgIpc) is 2.88. The summed E-state index contributed by atoms with van der Waals surface area (Å²) in [6.45, 7) is 6.36. The first-order valence-corrected chi connectivity index (χ1v) is 12.7. The molecule has 0 saturated carbocycles. The van der Waals surface area contributed by atoms with Gasteiger partial charge in [0.25, 0.3) is 5.91 Å². The van der Waals surface area contributed by atoms with Gasteiger partial charge < -0.3 is 20.4 Å². The Morgan fingerprint density at radius 3 is 2.29 bits per heavy atom. The van der Waals surface area contributed by atoms with Crippen molar-refractivity contribution in [2.45, 2.75) is 32.6 Å². The van der Waals surface area contributed by atoms with E-state index in [2.05, 4.69) is 33.4 Å². The van der Waals surface area contributed by atoms with Gasteiger partial charge in [-0.3, -0.25) is 9.69 Å². The highest BCUT2D eigenvalue weighted by Gasteiger charge is 2.27. The van der Waals surface area contributed by atoms with Crippen LogP contribution in [0.1, 0.15) is 48.5 Å². The smallest absolute Gasteiger partial charge is 0.253 e. The molecule has 1 aliphatic heterocycles. The Morgan fingerprint density at radius 1 is 1.13 bits per heavy atom. The van der Waals surface area contributed by atoms with E-state index in [4.69, 9.17) is 5.90 Å². The van der Waals surface area contributed by atoms with E-state index in [-0.39, 0.29) is 17.0 Å². The number of amides is 1. The number of piperidine rings is 1. The zero-order valence-electron chi connectivity index (χ0n) is 23.3. The summed E-state index contributed by atoms with van der Waals surface area (Å²) in [5, 5.41) is 6.12. The molecule has 1 amide bonds. The van der Waals surface area contributed by atoms with Crippen LogP contribution in [0.3, 0.4) is 0 Å². The van der Waals surface area contributed by atoms with E-state index in [1.165, 1.54) is 16.7 Å². The van der Waals surface area contributed by atoms with Crippen molar-refractivity contribution < 1.29 is 18.4 Å². The molecule has 1 aliphatic rings. The number of nitrogens with two attached hydrogens (primary N) is 1. The van der Waals surface area contributed by atoms with Gasteiger partial charge in [0.1, 0.15) is 17.9 Å². The molecule has 0 atom stereocenters. The van der Waals surface area contributed by atoms with Gasteiger partial charge in [0, 0.05) is 51.6 Å². The lowest BCUT2D eigenvalue weighted by molar-refractivity contribution is 0.0826. The van der Waals surface area contributed by atoms with Crippen molar-refractivity contribution in [3.63, 3.8) is 0 Å². The van der Waals surface area contributed by atoms with Gasteiger partial charge in [-0.1, -0.05) is 11.6 Å². The number of allylic oxidation sites excluding steroid dienone is 6. The largest absolute Gasteiger partial charge is 0.419 e. The van der Waals surface area contributed by atoms with Gasteiger partial charge in [-0.05, 0) is 93.4 Å². The Morgan fingerprint density at radius 2 is 1.76 bits per heavy atom. The summed E-state index contributed by atoms with van der Waals surface area (Å²) in [5.41, 5.74) is 4.21. The van der Waals surface area contributed by atoms with Crippen LogP contribution in [0, 0.1) is 11.6 Å². The Bertz CT molecular complexity index is 1090. The summed E-state index contributed by atoms with van der Waals surface area (Å²) in [6.07, 6.45) is 12.4. The maximum Gasteiger partial charge on any atom is 0.253 e. The molecular formula is C29H41F2N5O2. The monoisotopic (exact) mass is 529 g/mol. The van der Waals surface area contributed by atoms with Crippen molar-refractivity contribution in [1.82, 2.24) is 20.4 Å². The molecule has 0 radical (unpaired) electrons. The quantitative estimate of drug-likeness (QED) is 0.225. The van der Waals surface area contributed by atoms with Crippen LogP contribution < -0.4 is 16.5 Å². The van der Waals surface area contributed by atoms with Crippen LogP contribution >= 0.6 is 0 Å². The van der Waals surface area contributed by atoms with Crippen LogP contribution in [0.4, 0.5) is 8.78 Å². The molecule has 208 valence electrons. The second kappa shape index (κ2) is 15.1. The predicted molar refractivity (Wildman–Crippen MR) is 149 cm³/mol. The maximum absolute atomic E-state index is 14.8. The topological polar surface area (TPSA) is 82.9 Å². The van der Waals surface area contributed by atoms with Gasteiger partial charge >= 0.3 is 0 Å². The van der Waals surface area contributed by atoms with Crippen molar-refractivity contribution in [2.24, 2.45) is 5.90 Å². The van der Waals surface area contributed by atoms with Crippen molar-refractivity contribution in [1.29, 1.82) is 0 Å². The first-order valence-electron chi connectivity index (χ1n) is 12.7. The predicted octanol–water partition coefficient (Wildman–Crippen LogP) is 4.35. The van der Waals surface area contributed by atoms with Gasteiger partial charge in [-0.2, -0.15) is 5.90 Å². The minimum absolute atomic E-state index is 0.0275. The van der Waals surface area contributed by atoms with E-state index in [9.17, 15) is 13.6 Å². The number of nitrogens with one attached hydrogen (secondary N) is 2. The van der Waals surface area contributed by atoms with Crippen LogP contribution in [-0.2, 0) is 4.84 Å². The number of carbonyl (C=O) groups is 1. The third-order valence-corrected chi connectivity index (χ3v) is 6.47. The third-order valence-electron chi connectivity index (χ3n) is 6.47. The van der Waals surface area contributed by atoms with E-state index < -0.39 is 17.5 Å². The highest BCUT2D eigenvalue weighted by molar-refractivity contribution is 5.94. The molecule has 38 heavy (non-hydrogen) atoms. The SMILES string of the molecule is CN\C=C/C(/C=C(\C=C/ON)NC)=C(C)/C=C(\C)CN1CCC(c2c(F)cc(C(=O)N(C)C)cc2F)CC1. The zero-order chi connectivity index (χ0) is 28.2. The molecule has 0 spiro atoms. The van der Waals surface area contributed by atoms with E-state index in [0.29, 0.717) is 12.8 Å². The van der Waals surface area contributed by atoms with Gasteiger partial charge in [0.15, 0.2) is 0 Å². The fourth-order valence-electron chi connectivity index (χ4n) is 4.54. The lowest BCUT2D eigenvalue weighted by Gasteiger charge is -2.32. The lowest BCUT2D eigenvalue weighted by atomic mass is 9.87. The number of likely N-dealkylation sites (N-methyl/N-ethyl adjacent to an activating group) is 1. The normalized spacial score (nSPS) is 16.7. The van der Waals surface area contributed by atoms with Crippen LogP contribution in [0.15, 0.2) is 71.3 Å². The van der Waals surface area contributed by atoms with Crippen LogP contribution in [-0.4, -0.2) is 63.5 Å². The number of likely N-dealkylation sites (tertiary alicyclic amines) is 1. The number of halogens is 2. The minimum Gasteiger partial charge on any atom is -0.419 e. The maximum atomic E-state index is 14.8. The standard InChI is InChI=1S/C29H41F2N5O2/c1-20(15-21(2)23(7-11-33-3)16-25(34-4)10-14-38-32)19-36-12-8-22(9-13-36)28-26(30)17-24(18-27(28)31)29(37)35(5)6/h7,10-11,14-18,22,33-34H,8-9,12-13,19,32H2,1-6H3/b11-7-,14-10-,20-15+,23-21-,25-16+. The molecule has 0 aliphatic carbocycles. The number of hydrogen-bond donors (Lipinski definition) is 3.